The third-order valence-electron chi connectivity index (χ3n) is 3.22. The maximum absolute atomic E-state index is 6.08. The van der Waals surface area contributed by atoms with Gasteiger partial charge in [0, 0.05) is 18.3 Å². The molecule has 0 atom stereocenters. The molecule has 0 spiro atoms. The molecule has 18 heavy (non-hydrogen) atoms. The first kappa shape index (κ1) is 10.8. The Bertz CT molecular complexity index is 708. The molecule has 1 aromatic heterocycles. The molecule has 3 heteroatoms. The van der Waals surface area contributed by atoms with Crippen molar-refractivity contribution >= 4 is 16.6 Å². The minimum Gasteiger partial charge on any atom is -0.398 e. The van der Waals surface area contributed by atoms with Crippen LogP contribution in [-0.4, -0.2) is 9.78 Å². The van der Waals surface area contributed by atoms with Crippen LogP contribution in [-0.2, 0) is 7.05 Å². The van der Waals surface area contributed by atoms with Gasteiger partial charge in [0.25, 0.3) is 0 Å². The number of fused-ring (bicyclic) bond motifs is 1. The molecule has 0 fully saturated rings. The Balaban J connectivity index is 2.34. The van der Waals surface area contributed by atoms with Gasteiger partial charge in [0.05, 0.1) is 16.6 Å². The monoisotopic (exact) mass is 237 g/mol. The number of aryl methyl sites for hydroxylation is 2. The average molecular weight is 237 g/mol. The van der Waals surface area contributed by atoms with Gasteiger partial charge in [0.1, 0.15) is 0 Å². The molecular weight excluding hydrogens is 222 g/mol. The van der Waals surface area contributed by atoms with Crippen molar-refractivity contribution < 1.29 is 0 Å². The fraction of sp³-hybridized carbons (Fsp3) is 0.133. The van der Waals surface area contributed by atoms with Crippen molar-refractivity contribution in [2.45, 2.75) is 6.92 Å². The second-order valence-electron chi connectivity index (χ2n) is 4.58. The van der Waals surface area contributed by atoms with Gasteiger partial charge in [0.15, 0.2) is 0 Å². The molecule has 2 N–H and O–H groups in total. The Hall–Kier alpha value is -2.29. The first-order valence-corrected chi connectivity index (χ1v) is 5.95. The summed E-state index contributed by atoms with van der Waals surface area (Å²) in [4.78, 5) is 0. The summed E-state index contributed by atoms with van der Waals surface area (Å²) in [6.07, 6.45) is 0. The van der Waals surface area contributed by atoms with Crippen molar-refractivity contribution in [3.05, 3.63) is 48.0 Å². The summed E-state index contributed by atoms with van der Waals surface area (Å²) in [6.45, 7) is 2.08. The number of hydrogen-bond acceptors (Lipinski definition) is 2. The van der Waals surface area contributed by atoms with Gasteiger partial charge in [-0.15, -0.1) is 0 Å². The van der Waals surface area contributed by atoms with Crippen LogP contribution in [0.2, 0.25) is 0 Å². The zero-order valence-electron chi connectivity index (χ0n) is 10.5. The lowest BCUT2D eigenvalue weighted by Gasteiger charge is -2.05. The van der Waals surface area contributed by atoms with Crippen molar-refractivity contribution in [1.29, 1.82) is 0 Å². The highest BCUT2D eigenvalue weighted by atomic mass is 15.3. The van der Waals surface area contributed by atoms with E-state index in [9.17, 15) is 0 Å². The van der Waals surface area contributed by atoms with E-state index in [4.69, 9.17) is 5.73 Å². The zero-order chi connectivity index (χ0) is 12.7. The number of nitrogens with zero attached hydrogens (tertiary/aromatic N) is 2. The third kappa shape index (κ3) is 1.56. The van der Waals surface area contributed by atoms with E-state index in [1.165, 1.54) is 5.56 Å². The van der Waals surface area contributed by atoms with Gasteiger partial charge in [-0.05, 0) is 19.1 Å². The third-order valence-corrected chi connectivity index (χ3v) is 3.22. The Kier molecular flexibility index (Phi) is 2.33. The normalized spacial score (nSPS) is 11.0. The summed E-state index contributed by atoms with van der Waals surface area (Å²) in [7, 11) is 1.95. The molecule has 0 saturated carbocycles. The van der Waals surface area contributed by atoms with Crippen molar-refractivity contribution in [2.75, 3.05) is 5.73 Å². The fourth-order valence-corrected chi connectivity index (χ4v) is 2.31. The number of nitrogens with two attached hydrogens (primary N) is 1. The van der Waals surface area contributed by atoms with E-state index in [-0.39, 0.29) is 0 Å². The second-order valence-corrected chi connectivity index (χ2v) is 4.58. The molecule has 2 aromatic carbocycles. The van der Waals surface area contributed by atoms with Gasteiger partial charge < -0.3 is 5.73 Å². The fourth-order valence-electron chi connectivity index (χ4n) is 2.31. The van der Waals surface area contributed by atoms with Crippen LogP contribution >= 0.6 is 0 Å². The zero-order valence-corrected chi connectivity index (χ0v) is 10.5. The number of rotatable bonds is 1. The maximum atomic E-state index is 6.08. The number of aromatic nitrogens is 2. The molecule has 1 heterocycles. The molecule has 0 aliphatic carbocycles. The minimum absolute atomic E-state index is 0.774. The molecule has 3 rings (SSSR count). The Morgan fingerprint density at radius 1 is 1.06 bits per heavy atom. The quantitative estimate of drug-likeness (QED) is 0.661. The molecule has 3 aromatic rings. The predicted molar refractivity (Wildman–Crippen MR) is 75.3 cm³/mol. The van der Waals surface area contributed by atoms with E-state index >= 15 is 0 Å². The van der Waals surface area contributed by atoms with Gasteiger partial charge in [0.2, 0.25) is 0 Å². The molecule has 0 aliphatic rings. The summed E-state index contributed by atoms with van der Waals surface area (Å²) in [5, 5.41) is 5.54. The molecule has 0 bridgehead atoms. The van der Waals surface area contributed by atoms with Crippen molar-refractivity contribution in [2.24, 2.45) is 7.05 Å². The van der Waals surface area contributed by atoms with Gasteiger partial charge in [-0.2, -0.15) is 5.10 Å². The van der Waals surface area contributed by atoms with Crippen molar-refractivity contribution in [3.63, 3.8) is 0 Å². The molecule has 90 valence electrons. The summed E-state index contributed by atoms with van der Waals surface area (Å²) < 4.78 is 1.89. The largest absolute Gasteiger partial charge is 0.398 e. The van der Waals surface area contributed by atoms with E-state index in [0.29, 0.717) is 0 Å². The SMILES string of the molecule is Cc1ccc(-c2c3c(N)cccc3nn2C)cc1. The summed E-state index contributed by atoms with van der Waals surface area (Å²) in [5.41, 5.74) is 11.3. The lowest BCUT2D eigenvalue weighted by Crippen LogP contribution is -1.94. The van der Waals surface area contributed by atoms with Crippen LogP contribution in [0.5, 0.6) is 0 Å². The lowest BCUT2D eigenvalue weighted by molar-refractivity contribution is 0.788. The van der Waals surface area contributed by atoms with Crippen LogP contribution in [0.25, 0.3) is 22.2 Å². The molecule has 0 radical (unpaired) electrons. The number of benzene rings is 2. The van der Waals surface area contributed by atoms with Gasteiger partial charge in [-0.1, -0.05) is 35.9 Å². The lowest BCUT2D eigenvalue weighted by atomic mass is 10.0. The summed E-state index contributed by atoms with van der Waals surface area (Å²) in [5.74, 6) is 0. The van der Waals surface area contributed by atoms with E-state index in [1.54, 1.807) is 0 Å². The van der Waals surface area contributed by atoms with E-state index < -0.39 is 0 Å². The first-order chi connectivity index (χ1) is 8.66. The van der Waals surface area contributed by atoms with Crippen molar-refractivity contribution in [3.8, 4) is 11.3 Å². The molecule has 0 aliphatic heterocycles. The van der Waals surface area contributed by atoms with Gasteiger partial charge >= 0.3 is 0 Å². The van der Waals surface area contributed by atoms with Crippen LogP contribution in [0, 0.1) is 6.92 Å². The van der Waals surface area contributed by atoms with Gasteiger partial charge in [-0.3, -0.25) is 4.68 Å². The second kappa shape index (κ2) is 3.88. The first-order valence-electron chi connectivity index (χ1n) is 5.95. The molecule has 0 saturated heterocycles. The van der Waals surface area contributed by atoms with Crippen LogP contribution < -0.4 is 5.73 Å². The molecule has 3 nitrogen and oxygen atoms in total. The smallest absolute Gasteiger partial charge is 0.0950 e. The highest BCUT2D eigenvalue weighted by Gasteiger charge is 2.12. The average Bonchev–Trinajstić information content (AvgIpc) is 2.68. The van der Waals surface area contributed by atoms with Gasteiger partial charge in [-0.25, -0.2) is 0 Å². The predicted octanol–water partition coefficient (Wildman–Crippen LogP) is 3.13. The Morgan fingerprint density at radius 2 is 1.78 bits per heavy atom. The number of nitrogen functional groups attached to an aromatic ring is 1. The van der Waals surface area contributed by atoms with Crippen LogP contribution in [0.3, 0.4) is 0 Å². The molecule has 0 amide bonds. The number of hydrogen-bond donors (Lipinski definition) is 1. The van der Waals surface area contributed by atoms with E-state index in [0.717, 1.165) is 27.8 Å². The number of anilines is 1. The van der Waals surface area contributed by atoms with E-state index in [1.807, 2.05) is 29.9 Å². The summed E-state index contributed by atoms with van der Waals surface area (Å²) >= 11 is 0. The molecule has 0 unspecified atom stereocenters. The minimum atomic E-state index is 0.774. The summed E-state index contributed by atoms with van der Waals surface area (Å²) in [6, 6.07) is 14.3. The topological polar surface area (TPSA) is 43.8 Å². The standard InChI is InChI=1S/C15H15N3/c1-10-6-8-11(9-7-10)15-14-12(16)4-3-5-13(14)17-18(15)2/h3-9H,16H2,1-2H3. The highest BCUT2D eigenvalue weighted by Crippen LogP contribution is 2.32. The van der Waals surface area contributed by atoms with Crippen LogP contribution in [0.4, 0.5) is 5.69 Å². The molecular formula is C15H15N3. The van der Waals surface area contributed by atoms with Crippen molar-refractivity contribution in [1.82, 2.24) is 9.78 Å². The van der Waals surface area contributed by atoms with Crippen LogP contribution in [0.1, 0.15) is 5.56 Å². The van der Waals surface area contributed by atoms with Crippen LogP contribution in [0.15, 0.2) is 42.5 Å². The Labute approximate surface area is 106 Å². The Morgan fingerprint density at radius 3 is 2.50 bits per heavy atom. The maximum Gasteiger partial charge on any atom is 0.0950 e. The van der Waals surface area contributed by atoms with E-state index in [2.05, 4.69) is 36.3 Å². The highest BCUT2D eigenvalue weighted by molar-refractivity contribution is 6.01.